The molecule has 11 nitrogen and oxygen atoms in total. The Balaban J connectivity index is 2.16. The highest BCUT2D eigenvalue weighted by atomic mass is 16.7. The Morgan fingerprint density at radius 3 is 2.44 bits per heavy atom. The number of carboxylic acid groups (broad SMARTS) is 1. The van der Waals surface area contributed by atoms with E-state index >= 15 is 0 Å². The van der Waals surface area contributed by atoms with Crippen LogP contribution in [-0.2, 0) is 20.9 Å². The van der Waals surface area contributed by atoms with Gasteiger partial charge in [0.1, 0.15) is 30.5 Å². The van der Waals surface area contributed by atoms with Gasteiger partial charge >= 0.3 is 12.1 Å². The van der Waals surface area contributed by atoms with Gasteiger partial charge in [0.2, 0.25) is 6.29 Å². The normalized spacial score (nSPS) is 29.0. The van der Waals surface area contributed by atoms with Crippen LogP contribution in [0.25, 0.3) is 0 Å². The summed E-state index contributed by atoms with van der Waals surface area (Å²) in [6, 6.07) is 4.24. The van der Waals surface area contributed by atoms with Gasteiger partial charge in [0.15, 0.2) is 6.29 Å². The zero-order valence-corrected chi connectivity index (χ0v) is 12.8. The monoisotopic (exact) mass is 358 g/mol. The smallest absolute Gasteiger partial charge is 0.404 e. The first-order valence-electron chi connectivity index (χ1n) is 7.10. The number of ether oxygens (including phenoxy) is 3. The van der Waals surface area contributed by atoms with Crippen LogP contribution in [0.4, 0.5) is 10.5 Å². The molecular weight excluding hydrogens is 340 g/mol. The van der Waals surface area contributed by atoms with Crippen molar-refractivity contribution in [3.63, 3.8) is 0 Å². The number of benzene rings is 1. The molecule has 1 amide bonds. The molecule has 5 atom stereocenters. The van der Waals surface area contributed by atoms with Gasteiger partial charge in [-0.1, -0.05) is 6.07 Å². The number of aliphatic hydroxyl groups is 3. The number of carbonyl (C=O) groups is 2. The lowest BCUT2D eigenvalue weighted by Gasteiger charge is -2.38. The summed E-state index contributed by atoms with van der Waals surface area (Å²) in [5.41, 5.74) is 11.2. The second kappa shape index (κ2) is 7.53. The maximum atomic E-state index is 11.3. The molecule has 5 unspecified atom stereocenters. The van der Waals surface area contributed by atoms with Crippen LogP contribution in [0.2, 0.25) is 0 Å². The fraction of sp³-hybridized carbons (Fsp3) is 0.429. The lowest BCUT2D eigenvalue weighted by atomic mass is 9.94. The van der Waals surface area contributed by atoms with Crippen molar-refractivity contribution in [1.29, 1.82) is 0 Å². The van der Waals surface area contributed by atoms with Gasteiger partial charge in [-0.05, 0) is 17.7 Å². The molecule has 0 radical (unpaired) electrons. The summed E-state index contributed by atoms with van der Waals surface area (Å²) in [4.78, 5) is 21.9. The van der Waals surface area contributed by atoms with Crippen LogP contribution in [0.15, 0.2) is 18.2 Å². The molecule has 0 aromatic heterocycles. The van der Waals surface area contributed by atoms with E-state index in [2.05, 4.69) is 4.74 Å². The van der Waals surface area contributed by atoms with Crippen LogP contribution in [0, 0.1) is 5.92 Å². The van der Waals surface area contributed by atoms with Crippen LogP contribution in [0.5, 0.6) is 5.75 Å². The fourth-order valence-electron chi connectivity index (χ4n) is 2.28. The third-order valence-electron chi connectivity index (χ3n) is 3.56. The Bertz CT molecular complexity index is 653. The number of nitrogens with two attached hydrogens (primary N) is 2. The van der Waals surface area contributed by atoms with Gasteiger partial charge in [0.25, 0.3) is 0 Å². The van der Waals surface area contributed by atoms with Crippen molar-refractivity contribution >= 4 is 17.7 Å². The second-order valence-electron chi connectivity index (χ2n) is 5.34. The van der Waals surface area contributed by atoms with Crippen molar-refractivity contribution in [3.05, 3.63) is 23.8 Å². The van der Waals surface area contributed by atoms with Crippen molar-refractivity contribution in [3.8, 4) is 5.75 Å². The fourth-order valence-corrected chi connectivity index (χ4v) is 2.28. The number of carboxylic acids is 1. The maximum Gasteiger partial charge on any atom is 0.404 e. The van der Waals surface area contributed by atoms with Gasteiger partial charge in [0, 0.05) is 0 Å². The summed E-state index contributed by atoms with van der Waals surface area (Å²) >= 11 is 0. The van der Waals surface area contributed by atoms with E-state index in [0.29, 0.717) is 5.56 Å². The first-order chi connectivity index (χ1) is 11.7. The SMILES string of the molecule is NC(=O)OCc1ccc(OC2OC(O)C(O)C(O)C2C(=O)O)c(N)c1. The molecule has 0 spiro atoms. The Hall–Kier alpha value is -2.60. The largest absolute Gasteiger partial charge is 0.481 e. The van der Waals surface area contributed by atoms with E-state index in [1.165, 1.54) is 18.2 Å². The van der Waals surface area contributed by atoms with Crippen molar-refractivity contribution < 1.29 is 44.2 Å². The van der Waals surface area contributed by atoms with E-state index in [1.807, 2.05) is 0 Å². The standard InChI is InChI=1S/C14H18N2O9/c15-6-3-5(4-23-14(16)22)1-2-7(6)24-13-8(11(19)20)9(17)10(18)12(21)25-13/h1-3,8-10,12-13,17-18,21H,4,15H2,(H2,16,22)(H,19,20). The van der Waals surface area contributed by atoms with Gasteiger partial charge < -0.3 is 46.1 Å². The van der Waals surface area contributed by atoms with Gasteiger partial charge in [-0.2, -0.15) is 0 Å². The molecule has 0 saturated carbocycles. The molecule has 1 aromatic rings. The summed E-state index contributed by atoms with van der Waals surface area (Å²) in [6.07, 6.45) is -8.00. The summed E-state index contributed by atoms with van der Waals surface area (Å²) in [7, 11) is 0. The molecule has 1 aliphatic rings. The Morgan fingerprint density at radius 2 is 1.88 bits per heavy atom. The molecule has 1 aliphatic heterocycles. The minimum atomic E-state index is -1.83. The number of amides is 1. The van der Waals surface area contributed by atoms with Crippen LogP contribution >= 0.6 is 0 Å². The van der Waals surface area contributed by atoms with Crippen LogP contribution in [0.3, 0.4) is 0 Å². The third kappa shape index (κ3) is 4.28. The number of hydrogen-bond acceptors (Lipinski definition) is 9. The number of rotatable bonds is 5. The average molecular weight is 358 g/mol. The van der Waals surface area contributed by atoms with Crippen LogP contribution < -0.4 is 16.2 Å². The predicted molar refractivity (Wildman–Crippen MR) is 79.9 cm³/mol. The van der Waals surface area contributed by atoms with Crippen LogP contribution in [-0.4, -0.2) is 57.3 Å². The van der Waals surface area contributed by atoms with Crippen molar-refractivity contribution in [2.75, 3.05) is 5.73 Å². The van der Waals surface area contributed by atoms with Crippen molar-refractivity contribution in [2.45, 2.75) is 31.4 Å². The van der Waals surface area contributed by atoms with E-state index in [9.17, 15) is 30.0 Å². The predicted octanol–water partition coefficient (Wildman–Crippen LogP) is -1.66. The minimum Gasteiger partial charge on any atom is -0.481 e. The number of nitrogen functional groups attached to an aromatic ring is 1. The highest BCUT2D eigenvalue weighted by Crippen LogP contribution is 2.31. The summed E-state index contributed by atoms with van der Waals surface area (Å²) in [5.74, 6) is -3.14. The van der Waals surface area contributed by atoms with E-state index in [-0.39, 0.29) is 18.0 Å². The van der Waals surface area contributed by atoms with Crippen molar-refractivity contribution in [1.82, 2.24) is 0 Å². The Kier molecular flexibility index (Phi) is 5.64. The summed E-state index contributed by atoms with van der Waals surface area (Å²) in [5, 5.41) is 38.1. The number of anilines is 1. The molecule has 138 valence electrons. The van der Waals surface area contributed by atoms with E-state index in [1.54, 1.807) is 0 Å². The topological polar surface area (TPSA) is 195 Å². The van der Waals surface area contributed by atoms with Crippen LogP contribution in [0.1, 0.15) is 5.56 Å². The lowest BCUT2D eigenvalue weighted by Crippen LogP contribution is -2.58. The quantitative estimate of drug-likeness (QED) is 0.331. The minimum absolute atomic E-state index is 0.00913. The van der Waals surface area contributed by atoms with Gasteiger partial charge in [-0.25, -0.2) is 4.79 Å². The summed E-state index contributed by atoms with van der Waals surface area (Å²) < 4.78 is 14.9. The average Bonchev–Trinajstić information content (AvgIpc) is 2.52. The molecule has 1 saturated heterocycles. The Labute approximate surface area is 141 Å². The number of aliphatic carboxylic acids is 1. The molecule has 1 fully saturated rings. The first kappa shape index (κ1) is 18.7. The van der Waals surface area contributed by atoms with Gasteiger partial charge in [-0.3, -0.25) is 4.79 Å². The molecule has 1 heterocycles. The molecule has 0 bridgehead atoms. The van der Waals surface area contributed by atoms with Gasteiger partial charge in [-0.15, -0.1) is 0 Å². The molecule has 0 aliphatic carbocycles. The number of carbonyl (C=O) groups excluding carboxylic acids is 1. The Morgan fingerprint density at radius 1 is 1.20 bits per heavy atom. The third-order valence-corrected chi connectivity index (χ3v) is 3.56. The zero-order valence-electron chi connectivity index (χ0n) is 12.8. The first-order valence-corrected chi connectivity index (χ1v) is 7.10. The molecule has 11 heteroatoms. The van der Waals surface area contributed by atoms with Crippen molar-refractivity contribution in [2.24, 2.45) is 11.7 Å². The highest BCUT2D eigenvalue weighted by Gasteiger charge is 2.49. The second-order valence-corrected chi connectivity index (χ2v) is 5.34. The zero-order chi connectivity index (χ0) is 18.7. The number of hydrogen-bond donors (Lipinski definition) is 6. The number of aliphatic hydroxyl groups excluding tert-OH is 3. The van der Waals surface area contributed by atoms with E-state index < -0.39 is 42.8 Å². The molecular formula is C14H18N2O9. The molecule has 8 N–H and O–H groups in total. The highest BCUT2D eigenvalue weighted by molar-refractivity contribution is 5.71. The molecule has 25 heavy (non-hydrogen) atoms. The van der Waals surface area contributed by atoms with E-state index in [0.717, 1.165) is 0 Å². The molecule has 2 rings (SSSR count). The van der Waals surface area contributed by atoms with E-state index in [4.69, 9.17) is 20.9 Å². The maximum absolute atomic E-state index is 11.3. The van der Waals surface area contributed by atoms with Gasteiger partial charge in [0.05, 0.1) is 5.69 Å². The summed E-state index contributed by atoms with van der Waals surface area (Å²) in [6.45, 7) is -0.124. The number of primary amides is 1. The lowest BCUT2D eigenvalue weighted by molar-refractivity contribution is -0.306. The molecule has 1 aromatic carbocycles.